The molecule has 1 atom stereocenters. The van der Waals surface area contributed by atoms with E-state index in [1.165, 1.54) is 16.8 Å². The normalized spacial score (nSPS) is 13.2. The van der Waals surface area contributed by atoms with Crippen molar-refractivity contribution in [2.75, 3.05) is 12.4 Å². The van der Waals surface area contributed by atoms with Crippen LogP contribution in [0.4, 0.5) is 5.69 Å². The number of thiophene rings is 1. The van der Waals surface area contributed by atoms with Gasteiger partial charge in [0.2, 0.25) is 10.0 Å². The highest BCUT2D eigenvalue weighted by atomic mass is 32.2. The molecule has 1 aromatic heterocycles. The van der Waals surface area contributed by atoms with E-state index in [9.17, 15) is 8.42 Å². The van der Waals surface area contributed by atoms with E-state index in [1.54, 1.807) is 35.6 Å². The van der Waals surface area contributed by atoms with Crippen molar-refractivity contribution in [3.05, 3.63) is 46.2 Å². The number of hydrogen-bond acceptors (Lipinski definition) is 4. The molecule has 0 saturated heterocycles. The van der Waals surface area contributed by atoms with E-state index in [4.69, 9.17) is 0 Å². The van der Waals surface area contributed by atoms with Crippen molar-refractivity contribution < 1.29 is 8.42 Å². The minimum absolute atomic E-state index is 0.195. The Morgan fingerprint density at radius 3 is 2.25 bits per heavy atom. The Labute approximate surface area is 123 Å². The molecular weight excluding hydrogens is 292 g/mol. The van der Waals surface area contributed by atoms with Gasteiger partial charge >= 0.3 is 0 Å². The molecule has 0 amide bonds. The van der Waals surface area contributed by atoms with E-state index in [2.05, 4.69) is 36.0 Å². The highest BCUT2D eigenvalue weighted by Gasteiger charge is 2.11. The van der Waals surface area contributed by atoms with Gasteiger partial charge in [0.25, 0.3) is 0 Å². The summed E-state index contributed by atoms with van der Waals surface area (Å²) in [6.45, 7) is 4.17. The van der Waals surface area contributed by atoms with Gasteiger partial charge in [0, 0.05) is 15.4 Å². The molecule has 1 unspecified atom stereocenters. The molecule has 0 bridgehead atoms. The van der Waals surface area contributed by atoms with Crippen molar-refractivity contribution in [2.24, 2.45) is 0 Å². The zero-order valence-corrected chi connectivity index (χ0v) is 13.3. The standard InChI is InChI=1S/C14H18N2O2S2/c1-10-4-9-14(19-10)11(2)16-12-5-7-13(8-6-12)20(17,18)15-3/h4-9,11,15-16H,1-3H3. The molecule has 0 radical (unpaired) electrons. The number of sulfonamides is 1. The summed E-state index contributed by atoms with van der Waals surface area (Å²) in [6.07, 6.45) is 0. The molecule has 0 aliphatic heterocycles. The predicted molar refractivity (Wildman–Crippen MR) is 83.8 cm³/mol. The quantitative estimate of drug-likeness (QED) is 0.892. The molecule has 0 aliphatic carbocycles. The van der Waals surface area contributed by atoms with Crippen LogP contribution in [0, 0.1) is 6.92 Å². The maximum Gasteiger partial charge on any atom is 0.240 e. The van der Waals surface area contributed by atoms with Crippen molar-refractivity contribution in [3.8, 4) is 0 Å². The van der Waals surface area contributed by atoms with Crippen molar-refractivity contribution in [3.63, 3.8) is 0 Å². The molecule has 2 N–H and O–H groups in total. The summed E-state index contributed by atoms with van der Waals surface area (Å²) in [7, 11) is -1.96. The van der Waals surface area contributed by atoms with Crippen LogP contribution in [0.3, 0.4) is 0 Å². The van der Waals surface area contributed by atoms with E-state index >= 15 is 0 Å². The van der Waals surface area contributed by atoms with E-state index in [-0.39, 0.29) is 10.9 Å². The molecule has 2 aromatic rings. The van der Waals surface area contributed by atoms with Gasteiger partial charge in [-0.1, -0.05) is 0 Å². The van der Waals surface area contributed by atoms with E-state index in [0.29, 0.717) is 0 Å². The third kappa shape index (κ3) is 3.39. The summed E-state index contributed by atoms with van der Waals surface area (Å²) in [6, 6.07) is 11.2. The average Bonchev–Trinajstić information content (AvgIpc) is 2.86. The number of anilines is 1. The van der Waals surface area contributed by atoms with Crippen LogP contribution in [0.25, 0.3) is 0 Å². The van der Waals surface area contributed by atoms with Crippen molar-refractivity contribution in [1.82, 2.24) is 4.72 Å². The molecule has 6 heteroatoms. The first kappa shape index (κ1) is 15.0. The minimum Gasteiger partial charge on any atom is -0.378 e. The first-order valence-corrected chi connectivity index (χ1v) is 8.59. The minimum atomic E-state index is -3.37. The van der Waals surface area contributed by atoms with Gasteiger partial charge in [-0.2, -0.15) is 0 Å². The molecule has 4 nitrogen and oxygen atoms in total. The Kier molecular flexibility index (Phi) is 4.47. The lowest BCUT2D eigenvalue weighted by Gasteiger charge is -2.14. The average molecular weight is 310 g/mol. The number of hydrogen-bond donors (Lipinski definition) is 2. The second kappa shape index (κ2) is 5.95. The maximum atomic E-state index is 11.6. The topological polar surface area (TPSA) is 58.2 Å². The Balaban J connectivity index is 2.11. The molecule has 0 aliphatic rings. The van der Waals surface area contributed by atoms with Gasteiger partial charge in [0.05, 0.1) is 10.9 Å². The summed E-state index contributed by atoms with van der Waals surface area (Å²) < 4.78 is 25.6. The Morgan fingerprint density at radius 2 is 1.75 bits per heavy atom. The van der Waals surface area contributed by atoms with Gasteiger partial charge in [-0.25, -0.2) is 13.1 Å². The van der Waals surface area contributed by atoms with Crippen molar-refractivity contribution >= 4 is 27.0 Å². The molecule has 1 heterocycles. The summed E-state index contributed by atoms with van der Waals surface area (Å²) in [5, 5.41) is 3.36. The Hall–Kier alpha value is -1.37. The lowest BCUT2D eigenvalue weighted by Crippen LogP contribution is -2.18. The number of nitrogens with one attached hydrogen (secondary N) is 2. The van der Waals surface area contributed by atoms with Crippen molar-refractivity contribution in [1.29, 1.82) is 0 Å². The summed E-state index contributed by atoms with van der Waals surface area (Å²) in [5.74, 6) is 0. The number of aryl methyl sites for hydroxylation is 1. The second-order valence-corrected chi connectivity index (χ2v) is 7.75. The van der Waals surface area contributed by atoms with Crippen LogP contribution >= 0.6 is 11.3 Å². The van der Waals surface area contributed by atoms with E-state index < -0.39 is 10.0 Å². The maximum absolute atomic E-state index is 11.6. The zero-order valence-electron chi connectivity index (χ0n) is 11.7. The SMILES string of the molecule is CNS(=O)(=O)c1ccc(NC(C)c2ccc(C)s2)cc1. The number of rotatable bonds is 5. The Morgan fingerprint density at radius 1 is 1.10 bits per heavy atom. The van der Waals surface area contributed by atoms with Crippen LogP contribution in [0.5, 0.6) is 0 Å². The predicted octanol–water partition coefficient (Wildman–Crippen LogP) is 3.14. The zero-order chi connectivity index (χ0) is 14.8. The van der Waals surface area contributed by atoms with Gasteiger partial charge in [0.15, 0.2) is 0 Å². The van der Waals surface area contributed by atoms with Crippen molar-refractivity contribution in [2.45, 2.75) is 24.8 Å². The third-order valence-electron chi connectivity index (χ3n) is 3.00. The van der Waals surface area contributed by atoms with Crippen LogP contribution < -0.4 is 10.0 Å². The Bertz CT molecular complexity index is 675. The fraction of sp³-hybridized carbons (Fsp3) is 0.286. The first-order chi connectivity index (χ1) is 9.42. The lowest BCUT2D eigenvalue weighted by molar-refractivity contribution is 0.588. The van der Waals surface area contributed by atoms with E-state index in [0.717, 1.165) is 5.69 Å². The van der Waals surface area contributed by atoms with Crippen LogP contribution in [0.2, 0.25) is 0 Å². The van der Waals surface area contributed by atoms with Gasteiger partial charge in [-0.05, 0) is 57.3 Å². The van der Waals surface area contributed by atoms with Crippen LogP contribution in [0.1, 0.15) is 22.7 Å². The van der Waals surface area contributed by atoms with Gasteiger partial charge in [-0.15, -0.1) is 11.3 Å². The third-order valence-corrected chi connectivity index (χ3v) is 5.62. The smallest absolute Gasteiger partial charge is 0.240 e. The molecular formula is C14H18N2O2S2. The molecule has 20 heavy (non-hydrogen) atoms. The van der Waals surface area contributed by atoms with Gasteiger partial charge < -0.3 is 5.32 Å². The number of benzene rings is 1. The molecule has 0 fully saturated rings. The van der Waals surface area contributed by atoms with E-state index in [1.807, 2.05) is 0 Å². The monoisotopic (exact) mass is 310 g/mol. The van der Waals surface area contributed by atoms with Crippen LogP contribution in [-0.2, 0) is 10.0 Å². The second-order valence-electron chi connectivity index (χ2n) is 4.55. The highest BCUT2D eigenvalue weighted by Crippen LogP contribution is 2.26. The first-order valence-electron chi connectivity index (χ1n) is 6.29. The molecule has 1 aromatic carbocycles. The lowest BCUT2D eigenvalue weighted by atomic mass is 10.2. The molecule has 0 saturated carbocycles. The molecule has 0 spiro atoms. The highest BCUT2D eigenvalue weighted by molar-refractivity contribution is 7.89. The summed E-state index contributed by atoms with van der Waals surface area (Å²) >= 11 is 1.76. The van der Waals surface area contributed by atoms with Crippen LogP contribution in [0.15, 0.2) is 41.3 Å². The van der Waals surface area contributed by atoms with Crippen LogP contribution in [-0.4, -0.2) is 15.5 Å². The molecule has 2 rings (SSSR count). The van der Waals surface area contributed by atoms with Gasteiger partial charge in [0.1, 0.15) is 0 Å². The summed E-state index contributed by atoms with van der Waals surface area (Å²) in [5.41, 5.74) is 0.901. The fourth-order valence-corrected chi connectivity index (χ4v) is 3.47. The largest absolute Gasteiger partial charge is 0.378 e. The molecule has 108 valence electrons. The fourth-order valence-electron chi connectivity index (χ4n) is 1.86. The summed E-state index contributed by atoms with van der Waals surface area (Å²) in [4.78, 5) is 2.81. The van der Waals surface area contributed by atoms with Gasteiger partial charge in [-0.3, -0.25) is 0 Å².